The Labute approximate surface area is 123 Å². The third-order valence-corrected chi connectivity index (χ3v) is 3.11. The van der Waals surface area contributed by atoms with Crippen molar-refractivity contribution in [2.24, 2.45) is 0 Å². The van der Waals surface area contributed by atoms with Crippen LogP contribution in [0, 0.1) is 0 Å². The van der Waals surface area contributed by atoms with Gasteiger partial charge < -0.3 is 15.2 Å². The summed E-state index contributed by atoms with van der Waals surface area (Å²) in [5.41, 5.74) is 7.30. The van der Waals surface area contributed by atoms with Gasteiger partial charge in [0.1, 0.15) is 30.2 Å². The summed E-state index contributed by atoms with van der Waals surface area (Å²) in [6.45, 7) is 0.863. The molecule has 1 aromatic heterocycles. The van der Waals surface area contributed by atoms with Gasteiger partial charge in [0.15, 0.2) is 0 Å². The molecule has 0 saturated carbocycles. The van der Waals surface area contributed by atoms with E-state index in [2.05, 4.69) is 4.98 Å². The lowest BCUT2D eigenvalue weighted by Gasteiger charge is -2.11. The highest BCUT2D eigenvalue weighted by Gasteiger charge is 2.03. The Morgan fingerprint density at radius 2 is 1.52 bits per heavy atom. The van der Waals surface area contributed by atoms with E-state index in [-0.39, 0.29) is 0 Å². The molecule has 0 spiro atoms. The highest BCUT2D eigenvalue weighted by molar-refractivity contribution is 5.84. The predicted octanol–water partition coefficient (Wildman–Crippen LogP) is 3.27. The molecule has 0 radical (unpaired) electrons. The van der Waals surface area contributed by atoms with Crippen LogP contribution in [0.15, 0.2) is 60.8 Å². The van der Waals surface area contributed by atoms with E-state index in [0.717, 1.165) is 16.7 Å². The average molecular weight is 280 g/mol. The van der Waals surface area contributed by atoms with Crippen LogP contribution in [0.1, 0.15) is 0 Å². The van der Waals surface area contributed by atoms with Crippen molar-refractivity contribution in [1.29, 1.82) is 0 Å². The summed E-state index contributed by atoms with van der Waals surface area (Å²) >= 11 is 0. The molecule has 106 valence electrons. The Morgan fingerprint density at radius 1 is 0.810 bits per heavy atom. The second-order valence-electron chi connectivity index (χ2n) is 4.57. The number of nitrogens with zero attached hydrogens (tertiary/aromatic N) is 1. The Kier molecular flexibility index (Phi) is 3.87. The number of aromatic nitrogens is 1. The van der Waals surface area contributed by atoms with Crippen molar-refractivity contribution in [3.05, 3.63) is 60.8 Å². The maximum atomic E-state index is 5.81. The third kappa shape index (κ3) is 3.05. The van der Waals surface area contributed by atoms with Crippen molar-refractivity contribution in [2.75, 3.05) is 18.9 Å². The standard InChI is InChI=1S/C17H16N2O2/c18-14-7-1-2-8-15(14)20-11-12-21-16-9-3-5-13-6-4-10-19-17(13)16/h1-10H,11-12,18H2. The van der Waals surface area contributed by atoms with Gasteiger partial charge in [-0.15, -0.1) is 0 Å². The van der Waals surface area contributed by atoms with Crippen molar-refractivity contribution >= 4 is 16.6 Å². The number of nitrogens with two attached hydrogens (primary N) is 1. The van der Waals surface area contributed by atoms with Gasteiger partial charge in [-0.25, -0.2) is 0 Å². The molecule has 0 bridgehead atoms. The van der Waals surface area contributed by atoms with Gasteiger partial charge in [0, 0.05) is 11.6 Å². The number of rotatable bonds is 5. The Balaban J connectivity index is 1.61. The molecular formula is C17H16N2O2. The lowest BCUT2D eigenvalue weighted by molar-refractivity contribution is 0.219. The number of ether oxygens (including phenoxy) is 2. The first-order chi connectivity index (χ1) is 10.3. The zero-order chi connectivity index (χ0) is 14.5. The quantitative estimate of drug-likeness (QED) is 0.575. The summed E-state index contributed by atoms with van der Waals surface area (Å²) in [6.07, 6.45) is 1.76. The van der Waals surface area contributed by atoms with Crippen LogP contribution in [0.3, 0.4) is 0 Å². The van der Waals surface area contributed by atoms with Gasteiger partial charge >= 0.3 is 0 Å². The van der Waals surface area contributed by atoms with Crippen LogP contribution in [-0.2, 0) is 0 Å². The van der Waals surface area contributed by atoms with Gasteiger partial charge in [0.2, 0.25) is 0 Å². The van der Waals surface area contributed by atoms with Crippen LogP contribution in [0.25, 0.3) is 10.9 Å². The molecule has 0 aliphatic carbocycles. The van der Waals surface area contributed by atoms with Gasteiger partial charge in [-0.1, -0.05) is 30.3 Å². The molecule has 0 amide bonds. The summed E-state index contributed by atoms with van der Waals surface area (Å²) < 4.78 is 11.4. The molecule has 0 unspecified atom stereocenters. The SMILES string of the molecule is Nc1ccccc1OCCOc1cccc2cccnc12. The average Bonchev–Trinajstić information content (AvgIpc) is 2.53. The van der Waals surface area contributed by atoms with Crippen LogP contribution >= 0.6 is 0 Å². The predicted molar refractivity (Wildman–Crippen MR) is 83.6 cm³/mol. The zero-order valence-electron chi connectivity index (χ0n) is 11.5. The lowest BCUT2D eigenvalue weighted by Crippen LogP contribution is -2.10. The minimum atomic E-state index is 0.428. The minimum Gasteiger partial charge on any atom is -0.488 e. The van der Waals surface area contributed by atoms with Crippen LogP contribution in [0.2, 0.25) is 0 Å². The van der Waals surface area contributed by atoms with Gasteiger partial charge in [0.25, 0.3) is 0 Å². The highest BCUT2D eigenvalue weighted by atomic mass is 16.5. The van der Waals surface area contributed by atoms with Gasteiger partial charge in [0.05, 0.1) is 5.69 Å². The number of para-hydroxylation sites is 3. The maximum Gasteiger partial charge on any atom is 0.145 e. The molecule has 0 aliphatic rings. The van der Waals surface area contributed by atoms with E-state index in [1.54, 1.807) is 6.20 Å². The summed E-state index contributed by atoms with van der Waals surface area (Å²) in [6, 6.07) is 17.2. The minimum absolute atomic E-state index is 0.428. The first kappa shape index (κ1) is 13.2. The fourth-order valence-electron chi connectivity index (χ4n) is 2.11. The number of fused-ring (bicyclic) bond motifs is 1. The molecule has 1 heterocycles. The first-order valence-electron chi connectivity index (χ1n) is 6.78. The number of pyridine rings is 1. The monoisotopic (exact) mass is 280 g/mol. The Morgan fingerprint density at radius 3 is 2.38 bits per heavy atom. The fraction of sp³-hybridized carbons (Fsp3) is 0.118. The summed E-state index contributed by atoms with van der Waals surface area (Å²) in [4.78, 5) is 4.35. The largest absolute Gasteiger partial charge is 0.488 e. The summed E-state index contributed by atoms with van der Waals surface area (Å²) in [5, 5.41) is 1.06. The second kappa shape index (κ2) is 6.13. The van der Waals surface area contributed by atoms with Crippen LogP contribution in [0.5, 0.6) is 11.5 Å². The molecule has 4 heteroatoms. The molecule has 2 N–H and O–H groups in total. The van der Waals surface area contributed by atoms with E-state index >= 15 is 0 Å². The smallest absolute Gasteiger partial charge is 0.145 e. The van der Waals surface area contributed by atoms with Crippen molar-refractivity contribution in [3.8, 4) is 11.5 Å². The van der Waals surface area contributed by atoms with E-state index in [4.69, 9.17) is 15.2 Å². The van der Waals surface area contributed by atoms with Crippen molar-refractivity contribution in [1.82, 2.24) is 4.98 Å². The second-order valence-corrected chi connectivity index (χ2v) is 4.57. The molecule has 21 heavy (non-hydrogen) atoms. The number of hydrogen-bond acceptors (Lipinski definition) is 4. The number of anilines is 1. The normalized spacial score (nSPS) is 10.5. The van der Waals surface area contributed by atoms with E-state index in [1.165, 1.54) is 0 Å². The third-order valence-electron chi connectivity index (χ3n) is 3.11. The lowest BCUT2D eigenvalue weighted by atomic mass is 10.2. The Bertz CT molecular complexity index is 738. The van der Waals surface area contributed by atoms with Crippen LogP contribution in [-0.4, -0.2) is 18.2 Å². The van der Waals surface area contributed by atoms with E-state index in [9.17, 15) is 0 Å². The van der Waals surface area contributed by atoms with Gasteiger partial charge in [-0.05, 0) is 24.3 Å². The zero-order valence-corrected chi connectivity index (χ0v) is 11.5. The van der Waals surface area contributed by atoms with Crippen molar-refractivity contribution in [3.63, 3.8) is 0 Å². The molecule has 0 aliphatic heterocycles. The number of benzene rings is 2. The van der Waals surface area contributed by atoms with Crippen molar-refractivity contribution < 1.29 is 9.47 Å². The van der Waals surface area contributed by atoms with Crippen LogP contribution < -0.4 is 15.2 Å². The molecule has 3 rings (SSSR count). The summed E-state index contributed by atoms with van der Waals surface area (Å²) in [5.74, 6) is 1.44. The van der Waals surface area contributed by atoms with E-state index in [1.807, 2.05) is 54.6 Å². The topological polar surface area (TPSA) is 57.4 Å². The van der Waals surface area contributed by atoms with Crippen molar-refractivity contribution in [2.45, 2.75) is 0 Å². The molecule has 3 aromatic rings. The number of nitrogen functional groups attached to an aromatic ring is 1. The summed E-state index contributed by atoms with van der Waals surface area (Å²) in [7, 11) is 0. The highest BCUT2D eigenvalue weighted by Crippen LogP contribution is 2.23. The molecule has 0 saturated heterocycles. The van der Waals surface area contributed by atoms with Gasteiger partial charge in [-0.2, -0.15) is 0 Å². The first-order valence-corrected chi connectivity index (χ1v) is 6.78. The Hall–Kier alpha value is -2.75. The van der Waals surface area contributed by atoms with Gasteiger partial charge in [-0.3, -0.25) is 4.98 Å². The maximum absolute atomic E-state index is 5.81. The molecule has 4 nitrogen and oxygen atoms in total. The van der Waals surface area contributed by atoms with E-state index in [0.29, 0.717) is 24.7 Å². The molecule has 2 aromatic carbocycles. The molecule has 0 atom stereocenters. The fourth-order valence-corrected chi connectivity index (χ4v) is 2.11. The molecular weight excluding hydrogens is 264 g/mol. The van der Waals surface area contributed by atoms with E-state index < -0.39 is 0 Å². The number of hydrogen-bond donors (Lipinski definition) is 1. The van der Waals surface area contributed by atoms with Crippen LogP contribution in [0.4, 0.5) is 5.69 Å². The molecule has 0 fully saturated rings.